The van der Waals surface area contributed by atoms with Gasteiger partial charge in [0.2, 0.25) is 0 Å². The number of fused-ring (bicyclic) bond motifs is 1. The summed E-state index contributed by atoms with van der Waals surface area (Å²) in [7, 11) is 0. The Labute approximate surface area is 114 Å². The highest BCUT2D eigenvalue weighted by molar-refractivity contribution is 6.03. The van der Waals surface area contributed by atoms with Gasteiger partial charge in [0.15, 0.2) is 0 Å². The van der Waals surface area contributed by atoms with Crippen LogP contribution in [0, 0.1) is 5.41 Å². The molecule has 2 aromatic carbocycles. The molecule has 0 saturated carbocycles. The lowest BCUT2D eigenvalue weighted by molar-refractivity contribution is 0.312. The van der Waals surface area contributed by atoms with E-state index < -0.39 is 0 Å². The zero-order valence-electron chi connectivity index (χ0n) is 11.6. The highest BCUT2D eigenvalue weighted by Gasteiger charge is 2.16. The fourth-order valence-corrected chi connectivity index (χ4v) is 2.00. The molecule has 0 aromatic heterocycles. The summed E-state index contributed by atoms with van der Waals surface area (Å²) in [4.78, 5) is 0. The molecule has 0 atom stereocenters. The molecule has 0 radical (unpaired) electrons. The summed E-state index contributed by atoms with van der Waals surface area (Å²) in [5, 5.41) is 14.9. The van der Waals surface area contributed by atoms with E-state index in [1.165, 1.54) is 10.8 Å². The van der Waals surface area contributed by atoms with Crippen molar-refractivity contribution < 1.29 is 5.21 Å². The molecule has 0 spiro atoms. The molecule has 98 valence electrons. The van der Waals surface area contributed by atoms with Crippen LogP contribution in [0.4, 0.5) is 0 Å². The molecule has 1 N–H and O–H groups in total. The van der Waals surface area contributed by atoms with Crippen molar-refractivity contribution in [1.29, 1.82) is 0 Å². The Morgan fingerprint density at radius 2 is 1.74 bits per heavy atom. The van der Waals surface area contributed by atoms with Crippen LogP contribution in [0.5, 0.6) is 0 Å². The maximum Gasteiger partial charge on any atom is 0.0849 e. The van der Waals surface area contributed by atoms with Crippen molar-refractivity contribution in [2.75, 3.05) is 0 Å². The lowest BCUT2D eigenvalue weighted by Gasteiger charge is -2.16. The Kier molecular flexibility index (Phi) is 3.70. The summed E-state index contributed by atoms with van der Waals surface area (Å²) in [5.41, 5.74) is 1.62. The first-order valence-electron chi connectivity index (χ1n) is 6.41. The fourth-order valence-electron chi connectivity index (χ4n) is 2.00. The van der Waals surface area contributed by atoms with Gasteiger partial charge in [-0.1, -0.05) is 74.5 Å². The predicted molar refractivity (Wildman–Crippen MR) is 81.7 cm³/mol. The van der Waals surface area contributed by atoms with E-state index in [1.807, 2.05) is 51.1 Å². The summed E-state index contributed by atoms with van der Waals surface area (Å²) < 4.78 is 0. The van der Waals surface area contributed by atoms with E-state index in [4.69, 9.17) is 5.21 Å². The summed E-state index contributed by atoms with van der Waals surface area (Å²) >= 11 is 0. The average molecular weight is 253 g/mol. The van der Waals surface area contributed by atoms with Gasteiger partial charge in [0.1, 0.15) is 0 Å². The quantitative estimate of drug-likeness (QED) is 0.468. The molecular formula is C17H19NO. The van der Waals surface area contributed by atoms with Gasteiger partial charge in [0.05, 0.1) is 5.71 Å². The molecule has 0 fully saturated rings. The average Bonchev–Trinajstić information content (AvgIpc) is 2.38. The van der Waals surface area contributed by atoms with E-state index in [0.29, 0.717) is 5.71 Å². The van der Waals surface area contributed by atoms with E-state index in [9.17, 15) is 0 Å². The summed E-state index contributed by atoms with van der Waals surface area (Å²) in [5.74, 6) is 0. The first kappa shape index (κ1) is 13.3. The van der Waals surface area contributed by atoms with Crippen LogP contribution in [-0.2, 0) is 0 Å². The zero-order chi connectivity index (χ0) is 13.9. The number of oxime groups is 1. The van der Waals surface area contributed by atoms with Gasteiger partial charge in [-0.15, -0.1) is 0 Å². The summed E-state index contributed by atoms with van der Waals surface area (Å²) in [6.07, 6.45) is 3.88. The maximum atomic E-state index is 9.09. The van der Waals surface area contributed by atoms with E-state index in [1.54, 1.807) is 0 Å². The number of allylic oxidation sites excluding steroid dienone is 1. The second-order valence-electron chi connectivity index (χ2n) is 5.64. The molecule has 0 amide bonds. The lowest BCUT2D eigenvalue weighted by atomic mass is 9.89. The molecule has 0 aliphatic carbocycles. The second-order valence-corrected chi connectivity index (χ2v) is 5.64. The number of nitrogens with zero attached hydrogens (tertiary/aromatic N) is 1. The summed E-state index contributed by atoms with van der Waals surface area (Å²) in [6, 6.07) is 14.5. The van der Waals surface area contributed by atoms with Crippen molar-refractivity contribution in [3.8, 4) is 0 Å². The first-order chi connectivity index (χ1) is 9.02. The largest absolute Gasteiger partial charge is 0.411 e. The number of rotatable bonds is 2. The molecule has 0 bridgehead atoms. The topological polar surface area (TPSA) is 32.6 Å². The van der Waals surface area contributed by atoms with E-state index in [0.717, 1.165) is 5.56 Å². The zero-order valence-corrected chi connectivity index (χ0v) is 11.6. The SMILES string of the molecule is CC(C)(C)C(/C=C/c1cccc2ccccc12)=N/O. The van der Waals surface area contributed by atoms with Crippen LogP contribution in [0.3, 0.4) is 0 Å². The number of hydrogen-bond acceptors (Lipinski definition) is 2. The van der Waals surface area contributed by atoms with Crippen molar-refractivity contribution in [2.24, 2.45) is 10.6 Å². The van der Waals surface area contributed by atoms with Crippen LogP contribution >= 0.6 is 0 Å². The van der Waals surface area contributed by atoms with Crippen LogP contribution < -0.4 is 0 Å². The molecule has 2 nitrogen and oxygen atoms in total. The van der Waals surface area contributed by atoms with Crippen molar-refractivity contribution in [2.45, 2.75) is 20.8 Å². The van der Waals surface area contributed by atoms with Crippen molar-refractivity contribution >= 4 is 22.6 Å². The van der Waals surface area contributed by atoms with Crippen LogP contribution in [0.1, 0.15) is 26.3 Å². The van der Waals surface area contributed by atoms with Crippen molar-refractivity contribution in [1.82, 2.24) is 0 Å². The molecule has 2 heteroatoms. The van der Waals surface area contributed by atoms with Crippen LogP contribution in [0.25, 0.3) is 16.8 Å². The standard InChI is InChI=1S/C17H19NO/c1-17(2,3)16(18-19)12-11-14-9-6-8-13-7-4-5-10-15(13)14/h4-12,19H,1-3H3/b12-11+,18-16+. The van der Waals surface area contributed by atoms with Gasteiger partial charge >= 0.3 is 0 Å². The minimum Gasteiger partial charge on any atom is -0.411 e. The molecule has 0 aliphatic rings. The fraction of sp³-hybridized carbons (Fsp3) is 0.235. The Morgan fingerprint density at radius 3 is 2.42 bits per heavy atom. The van der Waals surface area contributed by atoms with Gasteiger partial charge < -0.3 is 5.21 Å². The highest BCUT2D eigenvalue weighted by Crippen LogP contribution is 2.22. The van der Waals surface area contributed by atoms with Crippen LogP contribution in [-0.4, -0.2) is 10.9 Å². The third-order valence-corrected chi connectivity index (χ3v) is 3.12. The molecule has 19 heavy (non-hydrogen) atoms. The van der Waals surface area contributed by atoms with E-state index in [-0.39, 0.29) is 5.41 Å². The highest BCUT2D eigenvalue weighted by atomic mass is 16.4. The van der Waals surface area contributed by atoms with Crippen LogP contribution in [0.15, 0.2) is 53.7 Å². The van der Waals surface area contributed by atoms with Gasteiger partial charge in [-0.3, -0.25) is 0 Å². The molecule has 2 rings (SSSR count). The predicted octanol–water partition coefficient (Wildman–Crippen LogP) is 4.73. The van der Waals surface area contributed by atoms with E-state index in [2.05, 4.69) is 29.4 Å². The number of hydrogen-bond donors (Lipinski definition) is 1. The van der Waals surface area contributed by atoms with Gasteiger partial charge in [-0.25, -0.2) is 0 Å². The maximum absolute atomic E-state index is 9.09. The van der Waals surface area contributed by atoms with Crippen molar-refractivity contribution in [3.63, 3.8) is 0 Å². The van der Waals surface area contributed by atoms with E-state index >= 15 is 0 Å². The molecule has 2 aromatic rings. The van der Waals surface area contributed by atoms with Gasteiger partial charge in [0.25, 0.3) is 0 Å². The first-order valence-corrected chi connectivity index (χ1v) is 6.41. The monoisotopic (exact) mass is 253 g/mol. The summed E-state index contributed by atoms with van der Waals surface area (Å²) in [6.45, 7) is 6.07. The molecule has 0 saturated heterocycles. The third-order valence-electron chi connectivity index (χ3n) is 3.12. The molecule has 0 heterocycles. The minimum atomic E-state index is -0.171. The smallest absolute Gasteiger partial charge is 0.0849 e. The Bertz CT molecular complexity index is 628. The second kappa shape index (κ2) is 5.27. The Morgan fingerprint density at radius 1 is 1.05 bits per heavy atom. The Balaban J connectivity index is 2.42. The molecule has 0 aliphatic heterocycles. The molecule has 0 unspecified atom stereocenters. The molecular weight excluding hydrogens is 234 g/mol. The number of benzene rings is 2. The van der Waals surface area contributed by atoms with Gasteiger partial charge in [-0.05, 0) is 22.4 Å². The van der Waals surface area contributed by atoms with Gasteiger partial charge in [0, 0.05) is 5.41 Å². The van der Waals surface area contributed by atoms with Crippen LogP contribution in [0.2, 0.25) is 0 Å². The minimum absolute atomic E-state index is 0.171. The lowest BCUT2D eigenvalue weighted by Crippen LogP contribution is -2.17. The Hall–Kier alpha value is -2.09. The normalized spacial score (nSPS) is 13.3. The van der Waals surface area contributed by atoms with Crippen molar-refractivity contribution in [3.05, 3.63) is 54.1 Å². The van der Waals surface area contributed by atoms with Gasteiger partial charge in [-0.2, -0.15) is 0 Å². The third kappa shape index (κ3) is 3.02.